The highest BCUT2D eigenvalue weighted by atomic mass is 79.9. The van der Waals surface area contributed by atoms with Gasteiger partial charge < -0.3 is 9.47 Å². The van der Waals surface area contributed by atoms with Gasteiger partial charge in [-0.1, -0.05) is 22.5 Å². The molecular formula is C6H9BrO2. The van der Waals surface area contributed by atoms with Crippen LogP contribution >= 0.6 is 15.9 Å². The first-order chi connectivity index (χ1) is 4.29. The van der Waals surface area contributed by atoms with Gasteiger partial charge in [0, 0.05) is 4.48 Å². The van der Waals surface area contributed by atoms with Crippen molar-refractivity contribution in [1.82, 2.24) is 0 Å². The fraction of sp³-hybridized carbons (Fsp3) is 0.667. The van der Waals surface area contributed by atoms with E-state index in [4.69, 9.17) is 9.47 Å². The first-order valence-electron chi connectivity index (χ1n) is 2.81. The van der Waals surface area contributed by atoms with Crippen molar-refractivity contribution in [3.8, 4) is 0 Å². The number of halogens is 1. The molecule has 1 aliphatic heterocycles. The number of hydrogen-bond acceptors (Lipinski definition) is 2. The summed E-state index contributed by atoms with van der Waals surface area (Å²) in [6.45, 7) is 5.76. The number of hydrogen-bond donors (Lipinski definition) is 0. The quantitative estimate of drug-likeness (QED) is 0.628. The Morgan fingerprint density at radius 1 is 1.89 bits per heavy atom. The molecule has 0 aromatic rings. The molecule has 0 aromatic heterocycles. The van der Waals surface area contributed by atoms with Crippen molar-refractivity contribution in [1.29, 1.82) is 0 Å². The van der Waals surface area contributed by atoms with E-state index in [-0.39, 0.29) is 0 Å². The van der Waals surface area contributed by atoms with Crippen LogP contribution in [0.5, 0.6) is 0 Å². The average molecular weight is 193 g/mol. The van der Waals surface area contributed by atoms with Gasteiger partial charge in [0.05, 0.1) is 19.8 Å². The van der Waals surface area contributed by atoms with Crippen LogP contribution in [0.4, 0.5) is 0 Å². The van der Waals surface area contributed by atoms with Gasteiger partial charge in [-0.2, -0.15) is 0 Å². The van der Waals surface area contributed by atoms with Gasteiger partial charge in [-0.3, -0.25) is 0 Å². The largest absolute Gasteiger partial charge is 0.373 e. The second-order valence-electron chi connectivity index (χ2n) is 1.99. The molecule has 0 spiro atoms. The third kappa shape index (κ3) is 3.67. The van der Waals surface area contributed by atoms with Crippen LogP contribution < -0.4 is 0 Å². The van der Waals surface area contributed by atoms with Crippen LogP contribution in [0.2, 0.25) is 0 Å². The van der Waals surface area contributed by atoms with Crippen LogP contribution in [0.3, 0.4) is 0 Å². The molecule has 1 unspecified atom stereocenters. The topological polar surface area (TPSA) is 21.8 Å². The highest BCUT2D eigenvalue weighted by molar-refractivity contribution is 9.11. The molecule has 1 atom stereocenters. The zero-order valence-electron chi connectivity index (χ0n) is 5.10. The van der Waals surface area contributed by atoms with Gasteiger partial charge >= 0.3 is 0 Å². The standard InChI is InChI=1S/C6H9BrO2/c1-5(7)2-8-3-6-4-9-6/h6H,1-4H2. The molecule has 1 saturated heterocycles. The molecule has 1 heterocycles. The highest BCUT2D eigenvalue weighted by Gasteiger charge is 2.21. The Hall–Kier alpha value is 0.140. The van der Waals surface area contributed by atoms with E-state index in [0.29, 0.717) is 19.3 Å². The summed E-state index contributed by atoms with van der Waals surface area (Å²) in [4.78, 5) is 0. The van der Waals surface area contributed by atoms with Gasteiger partial charge in [0.25, 0.3) is 0 Å². The number of ether oxygens (including phenoxy) is 2. The lowest BCUT2D eigenvalue weighted by Gasteiger charge is -1.97. The van der Waals surface area contributed by atoms with Crippen LogP contribution in [0.15, 0.2) is 11.1 Å². The average Bonchev–Trinajstić information content (AvgIpc) is 2.48. The summed E-state index contributed by atoms with van der Waals surface area (Å²) in [5, 5.41) is 0. The Morgan fingerprint density at radius 3 is 3.00 bits per heavy atom. The molecule has 0 saturated carbocycles. The first kappa shape index (κ1) is 7.25. The van der Waals surface area contributed by atoms with E-state index in [9.17, 15) is 0 Å². The van der Waals surface area contributed by atoms with Crippen molar-refractivity contribution >= 4 is 15.9 Å². The van der Waals surface area contributed by atoms with Gasteiger partial charge in [0.1, 0.15) is 6.10 Å². The third-order valence-electron chi connectivity index (χ3n) is 0.965. The maximum atomic E-state index is 5.15. The molecular weight excluding hydrogens is 184 g/mol. The lowest BCUT2D eigenvalue weighted by molar-refractivity contribution is 0.140. The zero-order valence-corrected chi connectivity index (χ0v) is 6.69. The molecule has 0 N–H and O–H groups in total. The lowest BCUT2D eigenvalue weighted by atomic mass is 10.5. The van der Waals surface area contributed by atoms with E-state index in [2.05, 4.69) is 22.5 Å². The molecule has 3 heteroatoms. The van der Waals surface area contributed by atoms with Crippen molar-refractivity contribution < 1.29 is 9.47 Å². The van der Waals surface area contributed by atoms with Crippen molar-refractivity contribution in [3.05, 3.63) is 11.1 Å². The molecule has 0 aliphatic carbocycles. The molecule has 0 radical (unpaired) electrons. The van der Waals surface area contributed by atoms with E-state index in [1.807, 2.05) is 0 Å². The van der Waals surface area contributed by atoms with Gasteiger partial charge in [-0.15, -0.1) is 0 Å². The number of epoxide rings is 1. The van der Waals surface area contributed by atoms with Crippen LogP contribution in [0.1, 0.15) is 0 Å². The SMILES string of the molecule is C=C(Br)COCC1CO1. The summed E-state index contributed by atoms with van der Waals surface area (Å²) in [5.74, 6) is 0. The third-order valence-corrected chi connectivity index (χ3v) is 1.19. The molecule has 0 amide bonds. The van der Waals surface area contributed by atoms with Gasteiger partial charge in [-0.05, 0) is 0 Å². The molecule has 52 valence electrons. The van der Waals surface area contributed by atoms with Crippen molar-refractivity contribution in [2.75, 3.05) is 19.8 Å². The fourth-order valence-electron chi connectivity index (χ4n) is 0.465. The predicted octanol–water partition coefficient (Wildman–Crippen LogP) is 1.31. The molecule has 1 aliphatic rings. The molecule has 1 fully saturated rings. The van der Waals surface area contributed by atoms with E-state index in [0.717, 1.165) is 11.1 Å². The molecule has 0 bridgehead atoms. The van der Waals surface area contributed by atoms with Crippen molar-refractivity contribution in [2.45, 2.75) is 6.10 Å². The van der Waals surface area contributed by atoms with Crippen molar-refractivity contribution in [2.24, 2.45) is 0 Å². The van der Waals surface area contributed by atoms with Crippen LogP contribution in [0, 0.1) is 0 Å². The Kier molecular flexibility index (Phi) is 2.69. The van der Waals surface area contributed by atoms with Gasteiger partial charge in [0.2, 0.25) is 0 Å². The Balaban J connectivity index is 1.86. The summed E-state index contributed by atoms with van der Waals surface area (Å²) in [5.41, 5.74) is 0. The summed E-state index contributed by atoms with van der Waals surface area (Å²) in [7, 11) is 0. The van der Waals surface area contributed by atoms with Crippen LogP contribution in [-0.4, -0.2) is 25.9 Å². The minimum atomic E-state index is 0.358. The lowest BCUT2D eigenvalue weighted by Crippen LogP contribution is -2.01. The Morgan fingerprint density at radius 2 is 2.56 bits per heavy atom. The predicted molar refractivity (Wildman–Crippen MR) is 38.6 cm³/mol. The molecule has 1 rings (SSSR count). The van der Waals surface area contributed by atoms with Gasteiger partial charge in [-0.25, -0.2) is 0 Å². The summed E-state index contributed by atoms with van der Waals surface area (Å²) >= 11 is 3.18. The molecule has 9 heavy (non-hydrogen) atoms. The van der Waals surface area contributed by atoms with E-state index >= 15 is 0 Å². The van der Waals surface area contributed by atoms with Gasteiger partial charge in [0.15, 0.2) is 0 Å². The minimum absolute atomic E-state index is 0.358. The molecule has 0 aromatic carbocycles. The van der Waals surface area contributed by atoms with E-state index in [1.54, 1.807) is 0 Å². The second kappa shape index (κ2) is 3.34. The normalized spacial score (nSPS) is 23.9. The maximum absolute atomic E-state index is 5.15. The maximum Gasteiger partial charge on any atom is 0.104 e. The fourth-order valence-corrected chi connectivity index (χ4v) is 0.627. The number of rotatable bonds is 4. The monoisotopic (exact) mass is 192 g/mol. The highest BCUT2D eigenvalue weighted by Crippen LogP contribution is 2.09. The van der Waals surface area contributed by atoms with Crippen molar-refractivity contribution in [3.63, 3.8) is 0 Å². The summed E-state index contributed by atoms with van der Waals surface area (Å²) < 4.78 is 10.9. The Labute approximate surface area is 63.0 Å². The second-order valence-corrected chi connectivity index (χ2v) is 3.11. The van der Waals surface area contributed by atoms with Crippen LogP contribution in [0.25, 0.3) is 0 Å². The molecule has 2 nitrogen and oxygen atoms in total. The smallest absolute Gasteiger partial charge is 0.104 e. The Bertz CT molecular complexity index is 110. The minimum Gasteiger partial charge on any atom is -0.373 e. The summed E-state index contributed by atoms with van der Waals surface area (Å²) in [6.07, 6.45) is 0.358. The van der Waals surface area contributed by atoms with Crippen LogP contribution in [-0.2, 0) is 9.47 Å². The van der Waals surface area contributed by atoms with E-state index < -0.39 is 0 Å². The van der Waals surface area contributed by atoms with E-state index in [1.165, 1.54) is 0 Å². The first-order valence-corrected chi connectivity index (χ1v) is 3.61. The zero-order chi connectivity index (χ0) is 6.69. The summed E-state index contributed by atoms with van der Waals surface area (Å²) in [6, 6.07) is 0.